The van der Waals surface area contributed by atoms with E-state index in [0.717, 1.165) is 30.0 Å². The number of nitrogens with one attached hydrogen (secondary N) is 1. The number of benzene rings is 1. The third-order valence-electron chi connectivity index (χ3n) is 5.02. The smallest absolute Gasteiger partial charge is 0.243 e. The van der Waals surface area contributed by atoms with Crippen LogP contribution in [0.15, 0.2) is 68.9 Å². The van der Waals surface area contributed by atoms with Crippen LogP contribution in [0.25, 0.3) is 0 Å². The molecule has 0 unspecified atom stereocenters. The van der Waals surface area contributed by atoms with Crippen LogP contribution in [0.5, 0.6) is 0 Å². The van der Waals surface area contributed by atoms with Crippen molar-refractivity contribution >= 4 is 23.5 Å². The summed E-state index contributed by atoms with van der Waals surface area (Å²) in [7, 11) is 0. The Bertz CT molecular complexity index is 1170. The van der Waals surface area contributed by atoms with E-state index in [1.165, 1.54) is 11.8 Å². The Morgan fingerprint density at radius 1 is 1.23 bits per heavy atom. The molecule has 8 nitrogen and oxygen atoms in total. The van der Waals surface area contributed by atoms with E-state index >= 15 is 0 Å². The highest BCUT2D eigenvalue weighted by atomic mass is 32.2. The number of aromatic nitrogens is 4. The minimum absolute atomic E-state index is 0.204. The molecular formula is C22H21N5O3S. The zero-order valence-corrected chi connectivity index (χ0v) is 17.7. The lowest BCUT2D eigenvalue weighted by molar-refractivity contribution is -0.115. The van der Waals surface area contributed by atoms with Gasteiger partial charge >= 0.3 is 0 Å². The van der Waals surface area contributed by atoms with Crippen molar-refractivity contribution in [3.05, 3.63) is 77.7 Å². The molecule has 1 N–H and O–H groups in total. The minimum Gasteiger partial charge on any atom is -0.467 e. The van der Waals surface area contributed by atoms with Crippen molar-refractivity contribution in [1.82, 2.24) is 19.9 Å². The second kappa shape index (κ2) is 8.43. The minimum atomic E-state index is -0.537. The first-order chi connectivity index (χ1) is 15.2. The van der Waals surface area contributed by atoms with E-state index in [0.29, 0.717) is 29.2 Å². The van der Waals surface area contributed by atoms with Crippen LogP contribution in [0.3, 0.4) is 0 Å². The quantitative estimate of drug-likeness (QED) is 0.405. The van der Waals surface area contributed by atoms with Gasteiger partial charge in [-0.15, -0.1) is 10.2 Å². The molecule has 1 aromatic carbocycles. The molecule has 5 rings (SSSR count). The Morgan fingerprint density at radius 2 is 2.06 bits per heavy atom. The number of carbonyl (C=O) groups is 1. The van der Waals surface area contributed by atoms with Gasteiger partial charge in [-0.05, 0) is 37.5 Å². The molecule has 0 radical (unpaired) electrons. The fourth-order valence-corrected chi connectivity index (χ4v) is 4.40. The lowest BCUT2D eigenvalue weighted by atomic mass is 10.1. The second-order valence-corrected chi connectivity index (χ2v) is 8.57. The molecule has 0 aliphatic heterocycles. The number of thioether (sulfide) groups is 1. The van der Waals surface area contributed by atoms with Gasteiger partial charge in [0.1, 0.15) is 22.6 Å². The predicted octanol–water partition coefficient (Wildman–Crippen LogP) is 4.57. The third kappa shape index (κ3) is 4.41. The average Bonchev–Trinajstić information content (AvgIpc) is 3.14. The van der Waals surface area contributed by atoms with Crippen molar-refractivity contribution in [2.45, 2.75) is 42.6 Å². The fourth-order valence-electron chi connectivity index (χ4n) is 3.36. The summed E-state index contributed by atoms with van der Waals surface area (Å²) in [5.74, 6) is 3.00. The van der Waals surface area contributed by atoms with E-state index in [1.54, 1.807) is 19.3 Å². The monoisotopic (exact) mass is 435 g/mol. The molecule has 0 saturated heterocycles. The van der Waals surface area contributed by atoms with E-state index in [1.807, 2.05) is 42.5 Å². The highest BCUT2D eigenvalue weighted by molar-refractivity contribution is 8.00. The topological polar surface area (TPSA) is 99.0 Å². The van der Waals surface area contributed by atoms with Crippen LogP contribution >= 0.6 is 11.8 Å². The van der Waals surface area contributed by atoms with Crippen LogP contribution in [-0.2, 0) is 11.3 Å². The van der Waals surface area contributed by atoms with E-state index in [-0.39, 0.29) is 5.91 Å². The third-order valence-corrected chi connectivity index (χ3v) is 6.26. The van der Waals surface area contributed by atoms with Gasteiger partial charge in [0.2, 0.25) is 5.91 Å². The summed E-state index contributed by atoms with van der Waals surface area (Å²) in [5.41, 5.74) is 0.866. The highest BCUT2D eigenvalue weighted by Crippen LogP contribution is 2.42. The molecule has 1 fully saturated rings. The molecule has 4 aromatic rings. The van der Waals surface area contributed by atoms with Crippen molar-refractivity contribution in [1.29, 1.82) is 0 Å². The number of nitrogens with zero attached hydrogens (tertiary/aromatic N) is 4. The summed E-state index contributed by atoms with van der Waals surface area (Å²) in [6.45, 7) is 2.31. The van der Waals surface area contributed by atoms with Gasteiger partial charge in [-0.1, -0.05) is 47.3 Å². The molecule has 31 heavy (non-hydrogen) atoms. The zero-order valence-electron chi connectivity index (χ0n) is 16.9. The largest absolute Gasteiger partial charge is 0.467 e. The number of aryl methyl sites for hydroxylation is 1. The molecule has 1 atom stereocenters. The lowest BCUT2D eigenvalue weighted by Crippen LogP contribution is -2.20. The average molecular weight is 436 g/mol. The van der Waals surface area contributed by atoms with E-state index in [9.17, 15) is 4.79 Å². The molecule has 1 saturated carbocycles. The summed E-state index contributed by atoms with van der Waals surface area (Å²) in [4.78, 5) is 13.2. The number of carbonyl (C=O) groups excluding carboxylic acids is 1. The van der Waals surface area contributed by atoms with Crippen LogP contribution in [0.4, 0.5) is 5.82 Å². The van der Waals surface area contributed by atoms with Crippen LogP contribution in [0, 0.1) is 6.92 Å². The molecule has 1 aliphatic rings. The number of hydrogen-bond acceptors (Lipinski definition) is 7. The number of amides is 1. The van der Waals surface area contributed by atoms with E-state index in [4.69, 9.17) is 8.94 Å². The highest BCUT2D eigenvalue weighted by Gasteiger charge is 2.32. The van der Waals surface area contributed by atoms with Gasteiger partial charge in [0.25, 0.3) is 0 Å². The van der Waals surface area contributed by atoms with Gasteiger partial charge in [-0.25, -0.2) is 0 Å². The molecule has 3 aromatic heterocycles. The predicted molar refractivity (Wildman–Crippen MR) is 115 cm³/mol. The summed E-state index contributed by atoms with van der Waals surface area (Å²) < 4.78 is 12.7. The Labute approximate surface area is 183 Å². The normalized spacial score (nSPS) is 14.5. The maximum atomic E-state index is 13.2. The van der Waals surface area contributed by atoms with Gasteiger partial charge in [-0.2, -0.15) is 0 Å². The van der Waals surface area contributed by atoms with E-state index in [2.05, 4.69) is 25.2 Å². The molecule has 158 valence electrons. The Morgan fingerprint density at radius 3 is 2.74 bits per heavy atom. The maximum Gasteiger partial charge on any atom is 0.243 e. The van der Waals surface area contributed by atoms with Crippen LogP contribution in [0.1, 0.15) is 46.9 Å². The van der Waals surface area contributed by atoms with Crippen molar-refractivity contribution in [3.63, 3.8) is 0 Å². The van der Waals surface area contributed by atoms with Crippen LogP contribution in [0.2, 0.25) is 0 Å². The summed E-state index contributed by atoms with van der Waals surface area (Å²) in [6.07, 6.45) is 3.87. The first-order valence-corrected chi connectivity index (χ1v) is 11.0. The van der Waals surface area contributed by atoms with Crippen LogP contribution in [-0.4, -0.2) is 25.8 Å². The van der Waals surface area contributed by atoms with Crippen molar-refractivity contribution in [3.8, 4) is 0 Å². The van der Waals surface area contributed by atoms with Gasteiger partial charge in [0.15, 0.2) is 11.0 Å². The zero-order chi connectivity index (χ0) is 21.2. The molecular weight excluding hydrogens is 414 g/mol. The number of rotatable bonds is 8. The first-order valence-electron chi connectivity index (χ1n) is 10.1. The second-order valence-electron chi connectivity index (χ2n) is 7.50. The van der Waals surface area contributed by atoms with Gasteiger partial charge < -0.3 is 14.3 Å². The molecule has 3 heterocycles. The molecule has 0 bridgehead atoms. The Balaban J connectivity index is 1.46. The lowest BCUT2D eigenvalue weighted by Gasteiger charge is -2.16. The molecule has 1 aliphatic carbocycles. The Kier molecular flexibility index (Phi) is 5.33. The van der Waals surface area contributed by atoms with Crippen molar-refractivity contribution in [2.24, 2.45) is 0 Å². The summed E-state index contributed by atoms with van der Waals surface area (Å²) in [6, 6.07) is 15.1. The summed E-state index contributed by atoms with van der Waals surface area (Å²) in [5, 5.41) is 15.8. The number of furan rings is 1. The number of hydrogen-bond donors (Lipinski definition) is 1. The van der Waals surface area contributed by atoms with Gasteiger partial charge in [0.05, 0.1) is 12.8 Å². The van der Waals surface area contributed by atoms with Gasteiger partial charge in [-0.3, -0.25) is 9.36 Å². The van der Waals surface area contributed by atoms with Crippen molar-refractivity contribution < 1.29 is 13.7 Å². The summed E-state index contributed by atoms with van der Waals surface area (Å²) >= 11 is 1.37. The SMILES string of the molecule is Cc1cc(NC(=O)[C@H](Sc2nnc(C3CC3)n2Cc2ccco2)c2ccccc2)no1. The maximum absolute atomic E-state index is 13.2. The fraction of sp³-hybridized carbons (Fsp3) is 0.273. The molecule has 9 heteroatoms. The Hall–Kier alpha value is -3.33. The standard InChI is InChI=1S/C22H21N5O3S/c1-14-12-18(26-30-14)23-21(28)19(15-6-3-2-4-7-15)31-22-25-24-20(16-9-10-16)27(22)13-17-8-5-11-29-17/h2-8,11-12,16,19H,9-10,13H2,1H3,(H,23,26,28)/t19-/m1/s1. The molecule has 0 spiro atoms. The van der Waals surface area contributed by atoms with E-state index < -0.39 is 5.25 Å². The van der Waals surface area contributed by atoms with Crippen LogP contribution < -0.4 is 5.32 Å². The first kappa shape index (κ1) is 19.6. The van der Waals surface area contributed by atoms with Crippen molar-refractivity contribution in [2.75, 3.05) is 5.32 Å². The number of anilines is 1. The molecule has 1 amide bonds. The van der Waals surface area contributed by atoms with Gasteiger partial charge in [0, 0.05) is 12.0 Å².